The lowest BCUT2D eigenvalue weighted by molar-refractivity contribution is 0.102. The van der Waals surface area contributed by atoms with Gasteiger partial charge in [-0.3, -0.25) is 4.79 Å². The maximum atomic E-state index is 12.9. The summed E-state index contributed by atoms with van der Waals surface area (Å²) in [6, 6.07) is 7.09. The number of nitrogens with zero attached hydrogens (tertiary/aromatic N) is 1. The van der Waals surface area contributed by atoms with E-state index >= 15 is 0 Å². The van der Waals surface area contributed by atoms with Gasteiger partial charge in [0, 0.05) is 24.5 Å². The van der Waals surface area contributed by atoms with Crippen LogP contribution in [0.4, 0.5) is 17.1 Å². The highest BCUT2D eigenvalue weighted by molar-refractivity contribution is 7.89. The average molecular weight is 445 g/mol. The quantitative estimate of drug-likeness (QED) is 0.620. The van der Waals surface area contributed by atoms with Crippen LogP contribution in [0.15, 0.2) is 35.2 Å². The summed E-state index contributed by atoms with van der Waals surface area (Å²) in [7, 11) is -3.98. The van der Waals surface area contributed by atoms with E-state index in [1.165, 1.54) is 24.3 Å². The normalized spacial score (nSPS) is 14.8. The lowest BCUT2D eigenvalue weighted by Gasteiger charge is -2.30. The van der Waals surface area contributed by atoms with Gasteiger partial charge in [-0.15, -0.1) is 0 Å². The predicted octanol–water partition coefficient (Wildman–Crippen LogP) is 2.31. The maximum Gasteiger partial charge on any atom is 0.257 e. The Morgan fingerprint density at radius 3 is 2.29 bits per heavy atom. The Morgan fingerprint density at radius 1 is 1.11 bits per heavy atom. The van der Waals surface area contributed by atoms with Crippen molar-refractivity contribution >= 4 is 56.2 Å². The van der Waals surface area contributed by atoms with Crippen molar-refractivity contribution in [3.05, 3.63) is 45.9 Å². The molecule has 0 spiro atoms. The van der Waals surface area contributed by atoms with Crippen LogP contribution in [0.3, 0.4) is 0 Å². The summed E-state index contributed by atoms with van der Waals surface area (Å²) in [6.07, 6.45) is 0. The van der Waals surface area contributed by atoms with Crippen LogP contribution in [-0.2, 0) is 14.8 Å². The van der Waals surface area contributed by atoms with Gasteiger partial charge in [0.2, 0.25) is 10.0 Å². The predicted molar refractivity (Wildman–Crippen MR) is 110 cm³/mol. The highest BCUT2D eigenvalue weighted by Gasteiger charge is 2.22. The molecule has 28 heavy (non-hydrogen) atoms. The molecule has 2 aromatic carbocycles. The molecule has 11 heteroatoms. The average Bonchev–Trinajstić information content (AvgIpc) is 2.65. The largest absolute Gasteiger partial charge is 0.396 e. The number of halogens is 2. The van der Waals surface area contributed by atoms with Crippen LogP contribution >= 0.6 is 23.2 Å². The highest BCUT2D eigenvalue weighted by atomic mass is 35.5. The van der Waals surface area contributed by atoms with Crippen molar-refractivity contribution < 1.29 is 17.9 Å². The SMILES string of the molecule is Nc1c(Cl)cc(NC(=O)c2cc(S(N)(=O)=O)ccc2N2CCOCC2)cc1Cl. The van der Waals surface area contributed by atoms with Gasteiger partial charge in [-0.2, -0.15) is 0 Å². The van der Waals surface area contributed by atoms with Crippen molar-refractivity contribution in [3.63, 3.8) is 0 Å². The number of ether oxygens (including phenoxy) is 1. The first kappa shape index (κ1) is 20.7. The standard InChI is InChI=1S/C17H18Cl2N4O4S/c18-13-7-10(8-14(19)16(13)20)22-17(24)12-9-11(28(21,25)26)1-2-15(12)23-3-5-27-6-4-23/h1-2,7-9H,3-6,20H2,(H,22,24)(H2,21,25,26). The van der Waals surface area contributed by atoms with E-state index in [0.717, 1.165) is 0 Å². The number of carbonyl (C=O) groups excluding carboxylic acids is 1. The monoisotopic (exact) mass is 444 g/mol. The molecule has 0 atom stereocenters. The Morgan fingerprint density at radius 2 is 1.71 bits per heavy atom. The second-order valence-corrected chi connectivity index (χ2v) is 8.51. The van der Waals surface area contributed by atoms with Gasteiger partial charge in [-0.25, -0.2) is 13.6 Å². The summed E-state index contributed by atoms with van der Waals surface area (Å²) < 4.78 is 28.8. The van der Waals surface area contributed by atoms with E-state index in [1.54, 1.807) is 6.07 Å². The van der Waals surface area contributed by atoms with E-state index in [0.29, 0.717) is 37.7 Å². The van der Waals surface area contributed by atoms with Crippen LogP contribution in [0.1, 0.15) is 10.4 Å². The fourth-order valence-electron chi connectivity index (χ4n) is 2.81. The molecule has 0 saturated carbocycles. The summed E-state index contributed by atoms with van der Waals surface area (Å²) >= 11 is 12.0. The summed E-state index contributed by atoms with van der Waals surface area (Å²) in [5, 5.41) is 8.27. The Labute approximate surface area is 172 Å². The van der Waals surface area contributed by atoms with Crippen molar-refractivity contribution in [2.24, 2.45) is 5.14 Å². The molecule has 1 heterocycles. The molecule has 1 aliphatic heterocycles. The molecule has 1 saturated heterocycles. The number of amides is 1. The van der Waals surface area contributed by atoms with E-state index in [4.69, 9.17) is 38.8 Å². The number of nitrogens with two attached hydrogens (primary N) is 2. The first-order valence-corrected chi connectivity index (χ1v) is 10.5. The Balaban J connectivity index is 2.00. The van der Waals surface area contributed by atoms with Crippen LogP contribution in [0.2, 0.25) is 10.0 Å². The molecule has 2 aromatic rings. The molecule has 5 N–H and O–H groups in total. The number of primary sulfonamides is 1. The lowest BCUT2D eigenvalue weighted by Crippen LogP contribution is -2.37. The summed E-state index contributed by atoms with van der Waals surface area (Å²) in [4.78, 5) is 14.7. The van der Waals surface area contributed by atoms with Crippen LogP contribution < -0.4 is 21.1 Å². The van der Waals surface area contributed by atoms with Crippen LogP contribution in [0.25, 0.3) is 0 Å². The fraction of sp³-hybridized carbons (Fsp3) is 0.235. The Bertz CT molecular complexity index is 1000. The van der Waals surface area contributed by atoms with E-state index in [9.17, 15) is 13.2 Å². The number of hydrogen-bond donors (Lipinski definition) is 3. The van der Waals surface area contributed by atoms with Gasteiger partial charge in [0.05, 0.1) is 39.4 Å². The molecule has 8 nitrogen and oxygen atoms in total. The topological polar surface area (TPSA) is 128 Å². The number of carbonyl (C=O) groups is 1. The van der Waals surface area contributed by atoms with E-state index in [2.05, 4.69) is 5.32 Å². The number of benzene rings is 2. The van der Waals surface area contributed by atoms with Gasteiger partial charge >= 0.3 is 0 Å². The molecular formula is C17H18Cl2N4O4S. The third kappa shape index (κ3) is 4.50. The zero-order valence-electron chi connectivity index (χ0n) is 14.6. The van der Waals surface area contributed by atoms with E-state index in [-0.39, 0.29) is 26.2 Å². The summed E-state index contributed by atoms with van der Waals surface area (Å²) in [6.45, 7) is 2.13. The smallest absolute Gasteiger partial charge is 0.257 e. The Kier molecular flexibility index (Phi) is 6.01. The Hall–Kier alpha value is -2.04. The molecule has 1 aliphatic rings. The van der Waals surface area contributed by atoms with Crippen LogP contribution in [0, 0.1) is 0 Å². The van der Waals surface area contributed by atoms with Gasteiger partial charge in [-0.05, 0) is 30.3 Å². The molecular weight excluding hydrogens is 427 g/mol. The minimum absolute atomic E-state index is 0.150. The zero-order chi connectivity index (χ0) is 20.5. The minimum Gasteiger partial charge on any atom is -0.396 e. The second kappa shape index (κ2) is 8.14. The maximum absolute atomic E-state index is 12.9. The molecule has 1 fully saturated rings. The number of rotatable bonds is 4. The number of nitrogens with one attached hydrogen (secondary N) is 1. The van der Waals surface area contributed by atoms with Crippen molar-refractivity contribution in [1.29, 1.82) is 0 Å². The van der Waals surface area contributed by atoms with Crippen molar-refractivity contribution in [2.75, 3.05) is 42.3 Å². The van der Waals surface area contributed by atoms with Crippen LogP contribution in [-0.4, -0.2) is 40.6 Å². The van der Waals surface area contributed by atoms with Gasteiger partial charge in [0.25, 0.3) is 5.91 Å². The van der Waals surface area contributed by atoms with E-state index < -0.39 is 15.9 Å². The van der Waals surface area contributed by atoms with Crippen LogP contribution in [0.5, 0.6) is 0 Å². The number of sulfonamides is 1. The summed E-state index contributed by atoms with van der Waals surface area (Å²) in [5.41, 5.74) is 6.95. The second-order valence-electron chi connectivity index (χ2n) is 6.13. The third-order valence-corrected chi connectivity index (χ3v) is 5.77. The van der Waals surface area contributed by atoms with E-state index in [1.807, 2.05) is 4.90 Å². The first-order chi connectivity index (χ1) is 13.2. The van der Waals surface area contributed by atoms with Crippen molar-refractivity contribution in [1.82, 2.24) is 0 Å². The van der Waals surface area contributed by atoms with Gasteiger partial charge in [0.15, 0.2) is 0 Å². The van der Waals surface area contributed by atoms with Crippen molar-refractivity contribution in [2.45, 2.75) is 4.90 Å². The molecule has 0 aromatic heterocycles. The number of nitrogen functional groups attached to an aromatic ring is 1. The van der Waals surface area contributed by atoms with Gasteiger partial charge in [0.1, 0.15) is 0 Å². The molecule has 1 amide bonds. The molecule has 0 bridgehead atoms. The third-order valence-electron chi connectivity index (χ3n) is 4.23. The van der Waals surface area contributed by atoms with Crippen molar-refractivity contribution in [3.8, 4) is 0 Å². The minimum atomic E-state index is -3.98. The number of anilines is 3. The molecule has 3 rings (SSSR count). The first-order valence-electron chi connectivity index (χ1n) is 8.22. The molecule has 0 radical (unpaired) electrons. The highest BCUT2D eigenvalue weighted by Crippen LogP contribution is 2.32. The van der Waals surface area contributed by atoms with Gasteiger partial charge in [-0.1, -0.05) is 23.2 Å². The molecule has 0 unspecified atom stereocenters. The van der Waals surface area contributed by atoms with Gasteiger partial charge < -0.3 is 20.7 Å². The molecule has 0 aliphatic carbocycles. The lowest BCUT2D eigenvalue weighted by atomic mass is 10.1. The summed E-state index contributed by atoms with van der Waals surface area (Å²) in [5.74, 6) is -0.538. The number of hydrogen-bond acceptors (Lipinski definition) is 6. The molecule has 150 valence electrons. The number of morpholine rings is 1. The zero-order valence-corrected chi connectivity index (χ0v) is 16.9. The fourth-order valence-corrected chi connectivity index (χ4v) is 3.84.